The van der Waals surface area contributed by atoms with E-state index < -0.39 is 27.9 Å². The number of hydrogen-bond donors (Lipinski definition) is 1. The number of hydrogen-bond acceptors (Lipinski definition) is 6. The Morgan fingerprint density at radius 3 is 2.73 bits per heavy atom. The topological polar surface area (TPSA) is 80.4 Å². The number of anilines is 1. The largest absolute Gasteiger partial charge is 0.417 e. The van der Waals surface area contributed by atoms with Crippen molar-refractivity contribution in [3.05, 3.63) is 50.5 Å². The molecule has 0 atom stereocenters. The molecule has 1 aromatic heterocycles. The number of thiazole rings is 1. The Morgan fingerprint density at radius 2 is 2.18 bits per heavy atom. The first-order valence-electron chi connectivity index (χ1n) is 5.85. The second-order valence-electron chi connectivity index (χ2n) is 4.16. The van der Waals surface area contributed by atoms with Crippen molar-refractivity contribution in [2.75, 3.05) is 5.43 Å². The number of aryl methyl sites for hydroxylation is 1. The molecule has 0 saturated carbocycles. The minimum absolute atomic E-state index is 0.376. The molecule has 116 valence electrons. The lowest BCUT2D eigenvalue weighted by Crippen LogP contribution is -2.11. The number of halogens is 3. The maximum atomic E-state index is 12.9. The summed E-state index contributed by atoms with van der Waals surface area (Å²) in [5, 5.41) is 16.6. The van der Waals surface area contributed by atoms with Crippen LogP contribution in [0, 0.1) is 17.0 Å². The van der Waals surface area contributed by atoms with Crippen LogP contribution in [0.25, 0.3) is 0 Å². The Balaban J connectivity index is 2.37. The zero-order chi connectivity index (χ0) is 16.3. The van der Waals surface area contributed by atoms with Gasteiger partial charge in [0.2, 0.25) is 5.13 Å². The van der Waals surface area contributed by atoms with Gasteiger partial charge in [-0.15, -0.1) is 11.3 Å². The number of nitrogens with one attached hydrogen (secondary N) is 1. The first-order chi connectivity index (χ1) is 10.3. The van der Waals surface area contributed by atoms with Crippen molar-refractivity contribution in [1.82, 2.24) is 4.98 Å². The molecule has 10 heteroatoms. The third-order valence-corrected chi connectivity index (χ3v) is 3.42. The first kappa shape index (κ1) is 15.9. The van der Waals surface area contributed by atoms with Crippen molar-refractivity contribution in [2.45, 2.75) is 13.1 Å². The maximum Gasteiger partial charge on any atom is 0.417 e. The van der Waals surface area contributed by atoms with Gasteiger partial charge in [0.25, 0.3) is 5.69 Å². The highest BCUT2D eigenvalue weighted by Crippen LogP contribution is 2.34. The van der Waals surface area contributed by atoms with E-state index in [4.69, 9.17) is 0 Å². The normalized spacial score (nSPS) is 11.8. The van der Waals surface area contributed by atoms with Gasteiger partial charge in [0.05, 0.1) is 28.0 Å². The van der Waals surface area contributed by atoms with Crippen LogP contribution in [-0.2, 0) is 6.18 Å². The average Bonchev–Trinajstić information content (AvgIpc) is 2.83. The quantitative estimate of drug-likeness (QED) is 0.525. The van der Waals surface area contributed by atoms with Crippen LogP contribution in [0.3, 0.4) is 0 Å². The third-order valence-electron chi connectivity index (χ3n) is 2.56. The molecule has 2 rings (SSSR count). The van der Waals surface area contributed by atoms with E-state index in [1.165, 1.54) is 11.3 Å². The van der Waals surface area contributed by atoms with Gasteiger partial charge < -0.3 is 0 Å². The zero-order valence-electron chi connectivity index (χ0n) is 11.1. The van der Waals surface area contributed by atoms with Crippen LogP contribution in [0.4, 0.5) is 24.0 Å². The van der Waals surface area contributed by atoms with Crippen LogP contribution in [0.15, 0.2) is 28.7 Å². The smallest absolute Gasteiger partial charge is 0.258 e. The Labute approximate surface area is 126 Å². The summed E-state index contributed by atoms with van der Waals surface area (Å²) in [6, 6.07) is 2.74. The molecule has 0 bridgehead atoms. The highest BCUT2D eigenvalue weighted by molar-refractivity contribution is 7.13. The number of rotatable bonds is 4. The SMILES string of the molecule is Cc1csc(NN=Cc2c([N+](=O)[O-])cccc2C(F)(F)F)n1. The van der Waals surface area contributed by atoms with E-state index in [0.717, 1.165) is 30.1 Å². The van der Waals surface area contributed by atoms with Gasteiger partial charge in [0.1, 0.15) is 0 Å². The number of nitro benzene ring substituents is 1. The van der Waals surface area contributed by atoms with E-state index in [2.05, 4.69) is 15.5 Å². The number of nitrogens with zero attached hydrogens (tertiary/aromatic N) is 3. The molecule has 0 radical (unpaired) electrons. The Kier molecular flexibility index (Phi) is 4.40. The monoisotopic (exact) mass is 330 g/mol. The fraction of sp³-hybridized carbons (Fsp3) is 0.167. The van der Waals surface area contributed by atoms with E-state index >= 15 is 0 Å². The summed E-state index contributed by atoms with van der Waals surface area (Å²) in [5.74, 6) is 0. The van der Waals surface area contributed by atoms with E-state index in [1.54, 1.807) is 12.3 Å². The third kappa shape index (κ3) is 3.58. The standard InChI is InChI=1S/C12H9F3N4O2S/c1-7-6-22-11(17-7)18-16-5-8-9(12(13,14)15)3-2-4-10(8)19(20)21/h2-6H,1H3,(H,17,18). The molecule has 1 aromatic carbocycles. The molecule has 0 fully saturated rings. The lowest BCUT2D eigenvalue weighted by Gasteiger charge is -2.09. The summed E-state index contributed by atoms with van der Waals surface area (Å²) in [4.78, 5) is 14.0. The molecule has 2 aromatic rings. The molecule has 0 aliphatic carbocycles. The molecule has 0 aliphatic heterocycles. The van der Waals surface area contributed by atoms with Crippen LogP contribution in [-0.4, -0.2) is 16.1 Å². The van der Waals surface area contributed by atoms with Crippen LogP contribution in [0.1, 0.15) is 16.8 Å². The number of benzene rings is 1. The minimum Gasteiger partial charge on any atom is -0.258 e. The van der Waals surface area contributed by atoms with Gasteiger partial charge in [0.15, 0.2) is 0 Å². The maximum absolute atomic E-state index is 12.9. The highest BCUT2D eigenvalue weighted by atomic mass is 32.1. The highest BCUT2D eigenvalue weighted by Gasteiger charge is 2.36. The fourth-order valence-corrected chi connectivity index (χ4v) is 2.29. The summed E-state index contributed by atoms with van der Waals surface area (Å²) in [7, 11) is 0. The average molecular weight is 330 g/mol. The Hall–Kier alpha value is -2.49. The first-order valence-corrected chi connectivity index (χ1v) is 6.73. The predicted molar refractivity (Wildman–Crippen MR) is 76.2 cm³/mol. The van der Waals surface area contributed by atoms with Crippen LogP contribution >= 0.6 is 11.3 Å². The van der Waals surface area contributed by atoms with Crippen LogP contribution in [0.2, 0.25) is 0 Å². The van der Waals surface area contributed by atoms with Gasteiger partial charge in [-0.3, -0.25) is 15.5 Å². The number of hydrazone groups is 1. The molecule has 1 heterocycles. The molecule has 1 N–H and O–H groups in total. The molecular formula is C12H9F3N4O2S. The Bertz CT molecular complexity index is 727. The molecule has 0 saturated heterocycles. The van der Waals surface area contributed by atoms with Crippen molar-refractivity contribution in [2.24, 2.45) is 5.10 Å². The molecule has 0 amide bonds. The summed E-state index contributed by atoms with van der Waals surface area (Å²) in [6.07, 6.45) is -3.94. The summed E-state index contributed by atoms with van der Waals surface area (Å²) < 4.78 is 38.8. The van der Waals surface area contributed by atoms with Crippen molar-refractivity contribution in [3.63, 3.8) is 0 Å². The van der Waals surface area contributed by atoms with Gasteiger partial charge in [-0.05, 0) is 13.0 Å². The van der Waals surface area contributed by atoms with E-state index in [0.29, 0.717) is 5.13 Å². The van der Waals surface area contributed by atoms with E-state index in [9.17, 15) is 23.3 Å². The van der Waals surface area contributed by atoms with Crippen molar-refractivity contribution in [3.8, 4) is 0 Å². The van der Waals surface area contributed by atoms with Crippen LogP contribution < -0.4 is 5.43 Å². The van der Waals surface area contributed by atoms with Gasteiger partial charge in [-0.25, -0.2) is 4.98 Å². The fourth-order valence-electron chi connectivity index (χ4n) is 1.65. The van der Waals surface area contributed by atoms with Crippen molar-refractivity contribution < 1.29 is 18.1 Å². The second-order valence-corrected chi connectivity index (χ2v) is 5.02. The minimum atomic E-state index is -4.72. The lowest BCUT2D eigenvalue weighted by atomic mass is 10.1. The Morgan fingerprint density at radius 1 is 1.45 bits per heavy atom. The zero-order valence-corrected chi connectivity index (χ0v) is 11.9. The van der Waals surface area contributed by atoms with E-state index in [-0.39, 0.29) is 0 Å². The molecular weight excluding hydrogens is 321 g/mol. The number of alkyl halides is 3. The second kappa shape index (κ2) is 6.10. The molecule has 0 spiro atoms. The van der Waals surface area contributed by atoms with E-state index in [1.807, 2.05) is 0 Å². The van der Waals surface area contributed by atoms with Gasteiger partial charge >= 0.3 is 6.18 Å². The summed E-state index contributed by atoms with van der Waals surface area (Å²) in [6.45, 7) is 1.75. The number of nitro groups is 1. The summed E-state index contributed by atoms with van der Waals surface area (Å²) in [5.41, 5.74) is 0.768. The number of aromatic nitrogens is 1. The van der Waals surface area contributed by atoms with Gasteiger partial charge in [-0.2, -0.15) is 18.3 Å². The van der Waals surface area contributed by atoms with Gasteiger partial charge in [-0.1, -0.05) is 6.07 Å². The van der Waals surface area contributed by atoms with Crippen LogP contribution in [0.5, 0.6) is 0 Å². The van der Waals surface area contributed by atoms with Crippen molar-refractivity contribution >= 4 is 28.4 Å². The predicted octanol–water partition coefficient (Wildman–Crippen LogP) is 3.82. The lowest BCUT2D eigenvalue weighted by molar-refractivity contribution is -0.385. The molecule has 0 aliphatic rings. The molecule has 22 heavy (non-hydrogen) atoms. The van der Waals surface area contributed by atoms with Crippen molar-refractivity contribution in [1.29, 1.82) is 0 Å². The molecule has 6 nitrogen and oxygen atoms in total. The molecule has 0 unspecified atom stereocenters. The van der Waals surface area contributed by atoms with Gasteiger partial charge in [0, 0.05) is 11.4 Å². The summed E-state index contributed by atoms with van der Waals surface area (Å²) >= 11 is 1.21.